The molecule has 0 aliphatic carbocycles. The van der Waals surface area contributed by atoms with Gasteiger partial charge in [0.1, 0.15) is 21.6 Å². The molecule has 0 saturated carbocycles. The van der Waals surface area contributed by atoms with Gasteiger partial charge in [-0.15, -0.1) is 5.10 Å². The quantitative estimate of drug-likeness (QED) is 0.149. The van der Waals surface area contributed by atoms with Crippen molar-refractivity contribution in [3.05, 3.63) is 142 Å². The number of fused-ring (bicyclic) bond motifs is 1. The number of rotatable bonds is 7. The summed E-state index contributed by atoms with van der Waals surface area (Å²) in [4.78, 5) is 13.7. The molecule has 1 saturated heterocycles. The van der Waals surface area contributed by atoms with E-state index >= 15 is 0 Å². The fourth-order valence-corrected chi connectivity index (χ4v) is 6.98. The summed E-state index contributed by atoms with van der Waals surface area (Å²) in [6, 6.07) is 30.2. The van der Waals surface area contributed by atoms with Crippen LogP contribution < -0.4 is 10.2 Å². The van der Waals surface area contributed by atoms with E-state index in [-0.39, 0.29) is 36.0 Å². The second-order valence-corrected chi connectivity index (χ2v) is 13.8. The number of benzene rings is 4. The Morgan fingerprint density at radius 3 is 2.15 bits per heavy atom. The van der Waals surface area contributed by atoms with Crippen molar-refractivity contribution in [2.24, 2.45) is 0 Å². The molecule has 46 heavy (non-hydrogen) atoms. The molecule has 0 radical (unpaired) electrons. The highest BCUT2D eigenvalue weighted by atomic mass is 127. The molecule has 1 fully saturated rings. The van der Waals surface area contributed by atoms with E-state index in [2.05, 4.69) is 61.0 Å². The van der Waals surface area contributed by atoms with Gasteiger partial charge in [0.2, 0.25) is 11.2 Å². The summed E-state index contributed by atoms with van der Waals surface area (Å²) in [6.07, 6.45) is 1.08. The maximum absolute atomic E-state index is 13.7. The molecule has 7 nitrogen and oxygen atoms in total. The molecule has 4 aromatic carbocycles. The second-order valence-electron chi connectivity index (χ2n) is 11.0. The molecule has 2 aromatic heterocycles. The van der Waals surface area contributed by atoms with Crippen molar-refractivity contribution < 1.29 is 13.9 Å². The number of halogens is 4. The zero-order valence-electron chi connectivity index (χ0n) is 24.1. The van der Waals surface area contributed by atoms with Crippen LogP contribution in [0.25, 0.3) is 22.3 Å². The van der Waals surface area contributed by atoms with Crippen LogP contribution in [0.5, 0.6) is 5.75 Å². The molecular formula is C35H25BrCl2IN3O4. The summed E-state index contributed by atoms with van der Waals surface area (Å²) >= 11 is 18.1. The molecule has 6 aromatic rings. The molecule has 232 valence electrons. The van der Waals surface area contributed by atoms with Crippen molar-refractivity contribution in [2.75, 3.05) is 0 Å². The normalized spacial score (nSPS) is 18.1. The van der Waals surface area contributed by atoms with Crippen LogP contribution in [-0.2, 0) is 11.3 Å². The van der Waals surface area contributed by atoms with Crippen molar-refractivity contribution in [2.45, 2.75) is 37.7 Å². The van der Waals surface area contributed by atoms with Crippen LogP contribution >= 0.6 is 61.7 Å². The Morgan fingerprint density at radius 2 is 1.48 bits per heavy atom. The van der Waals surface area contributed by atoms with Crippen LogP contribution in [0.1, 0.15) is 47.9 Å². The number of ether oxygens (including phenoxy) is 2. The Labute approximate surface area is 296 Å². The number of para-hydroxylation sites is 1. The Hall–Kier alpha value is -3.22. The van der Waals surface area contributed by atoms with E-state index in [1.54, 1.807) is 42.5 Å². The zero-order chi connectivity index (χ0) is 31.8. The van der Waals surface area contributed by atoms with Crippen molar-refractivity contribution in [1.82, 2.24) is 15.0 Å². The standard InChI is InChI=1S/C35H25BrCl2IN3O4/c36-23-11-5-20(6-12-23)30-17-26(18-31(45-30)21-7-13-24(37)14-8-21)42-35(39)28(40-41-42)19-44-34-32(43)27-3-1-2-4-29(27)46-33(34)22-9-15-25(38)16-10-22/h1-16,26,30-31H,17-19H2. The van der Waals surface area contributed by atoms with Gasteiger partial charge in [-0.1, -0.05) is 80.7 Å². The maximum Gasteiger partial charge on any atom is 0.235 e. The summed E-state index contributed by atoms with van der Waals surface area (Å²) in [7, 11) is 0. The van der Waals surface area contributed by atoms with Crippen LogP contribution in [-0.4, -0.2) is 15.0 Å². The summed E-state index contributed by atoms with van der Waals surface area (Å²) in [6.45, 7) is 0.0297. The van der Waals surface area contributed by atoms with Gasteiger partial charge in [0, 0.05) is 32.9 Å². The average Bonchev–Trinajstić information content (AvgIpc) is 3.45. The van der Waals surface area contributed by atoms with Gasteiger partial charge in [0.15, 0.2) is 5.76 Å². The fourth-order valence-electron chi connectivity index (χ4n) is 5.71. The van der Waals surface area contributed by atoms with E-state index in [1.807, 2.05) is 47.1 Å². The minimum Gasteiger partial charge on any atom is -0.480 e. The predicted molar refractivity (Wildman–Crippen MR) is 190 cm³/mol. The third-order valence-corrected chi connectivity index (χ3v) is 10.2. The van der Waals surface area contributed by atoms with E-state index in [1.165, 1.54) is 0 Å². The SMILES string of the molecule is O=c1c(OCc2nnn(C3CC(c4ccc(Cl)cc4)OC(c4ccc(Br)cc4)C3)c2I)c(-c2ccc(Cl)cc2)oc2ccccc12. The van der Waals surface area contributed by atoms with Crippen molar-refractivity contribution in [3.8, 4) is 17.1 Å². The molecule has 0 spiro atoms. The molecule has 0 N–H and O–H groups in total. The van der Waals surface area contributed by atoms with Gasteiger partial charge >= 0.3 is 0 Å². The van der Waals surface area contributed by atoms with Gasteiger partial charge in [-0.2, -0.15) is 0 Å². The monoisotopic (exact) mass is 827 g/mol. The number of hydrogen-bond acceptors (Lipinski definition) is 6. The molecule has 1 aliphatic rings. The third kappa shape index (κ3) is 6.48. The molecule has 1 aliphatic heterocycles. The summed E-state index contributed by atoms with van der Waals surface area (Å²) < 4.78 is 22.9. The van der Waals surface area contributed by atoms with Crippen LogP contribution in [0.15, 0.2) is 111 Å². The predicted octanol–water partition coefficient (Wildman–Crippen LogP) is 10.1. The van der Waals surface area contributed by atoms with Gasteiger partial charge in [-0.25, -0.2) is 4.68 Å². The maximum atomic E-state index is 13.7. The first-order valence-electron chi connectivity index (χ1n) is 14.5. The van der Waals surface area contributed by atoms with Crippen LogP contribution in [0.3, 0.4) is 0 Å². The topological polar surface area (TPSA) is 79.4 Å². The minimum atomic E-state index is -0.262. The van der Waals surface area contributed by atoms with E-state index in [0.29, 0.717) is 50.9 Å². The van der Waals surface area contributed by atoms with Gasteiger partial charge in [0.25, 0.3) is 0 Å². The first kappa shape index (κ1) is 31.4. The number of hydrogen-bond donors (Lipinski definition) is 0. The highest BCUT2D eigenvalue weighted by Gasteiger charge is 2.34. The molecule has 3 unspecified atom stereocenters. The zero-order valence-corrected chi connectivity index (χ0v) is 29.3. The van der Waals surface area contributed by atoms with Gasteiger partial charge in [-0.3, -0.25) is 4.79 Å². The molecule has 3 heterocycles. The number of aromatic nitrogens is 3. The smallest absolute Gasteiger partial charge is 0.235 e. The lowest BCUT2D eigenvalue weighted by Crippen LogP contribution is -2.27. The average molecular weight is 829 g/mol. The van der Waals surface area contributed by atoms with Crippen LogP contribution in [0.4, 0.5) is 0 Å². The van der Waals surface area contributed by atoms with Crippen LogP contribution in [0, 0.1) is 3.70 Å². The van der Waals surface area contributed by atoms with Crippen LogP contribution in [0.2, 0.25) is 10.0 Å². The Bertz CT molecular complexity index is 2020. The fraction of sp³-hybridized carbons (Fsp3) is 0.171. The van der Waals surface area contributed by atoms with Gasteiger partial charge in [-0.05, 0) is 94.4 Å². The lowest BCUT2D eigenvalue weighted by atomic mass is 9.91. The van der Waals surface area contributed by atoms with Gasteiger partial charge in [0.05, 0.1) is 23.6 Å². The Morgan fingerprint density at radius 1 is 0.870 bits per heavy atom. The molecule has 11 heteroatoms. The summed E-state index contributed by atoms with van der Waals surface area (Å²) in [5.74, 6) is 0.436. The molecule has 7 rings (SSSR count). The van der Waals surface area contributed by atoms with E-state index in [4.69, 9.17) is 37.1 Å². The van der Waals surface area contributed by atoms with Crippen molar-refractivity contribution in [3.63, 3.8) is 0 Å². The molecular weight excluding hydrogens is 804 g/mol. The first-order valence-corrected chi connectivity index (χ1v) is 17.2. The lowest BCUT2D eigenvalue weighted by molar-refractivity contribution is -0.0745. The van der Waals surface area contributed by atoms with E-state index in [9.17, 15) is 4.79 Å². The molecule has 0 bridgehead atoms. The summed E-state index contributed by atoms with van der Waals surface area (Å²) in [5.41, 5.74) is 3.64. The summed E-state index contributed by atoms with van der Waals surface area (Å²) in [5, 5.41) is 10.8. The lowest BCUT2D eigenvalue weighted by Gasteiger charge is -2.36. The largest absolute Gasteiger partial charge is 0.480 e. The highest BCUT2D eigenvalue weighted by molar-refractivity contribution is 14.1. The van der Waals surface area contributed by atoms with Crippen molar-refractivity contribution in [1.29, 1.82) is 0 Å². The van der Waals surface area contributed by atoms with E-state index in [0.717, 1.165) is 19.3 Å². The molecule has 0 amide bonds. The minimum absolute atomic E-state index is 0.00779. The second kappa shape index (κ2) is 13.5. The Balaban J connectivity index is 1.19. The Kier molecular flexibility index (Phi) is 9.20. The highest BCUT2D eigenvalue weighted by Crippen LogP contribution is 2.44. The van der Waals surface area contributed by atoms with Gasteiger partial charge < -0.3 is 13.9 Å². The number of nitrogens with zero attached hydrogens (tertiary/aromatic N) is 3. The third-order valence-electron chi connectivity index (χ3n) is 8.05. The van der Waals surface area contributed by atoms with Crippen molar-refractivity contribution >= 4 is 72.7 Å². The van der Waals surface area contributed by atoms with E-state index < -0.39 is 0 Å². The molecule has 3 atom stereocenters. The first-order chi connectivity index (χ1) is 22.3.